The molecule has 1 heterocycles. The monoisotopic (exact) mass is 415 g/mol. The van der Waals surface area contributed by atoms with Crippen LogP contribution in [-0.4, -0.2) is 50.7 Å². The van der Waals surface area contributed by atoms with Crippen molar-refractivity contribution in [1.29, 1.82) is 0 Å². The van der Waals surface area contributed by atoms with Gasteiger partial charge in [-0.1, -0.05) is 41.9 Å². The van der Waals surface area contributed by atoms with Gasteiger partial charge in [-0.3, -0.25) is 9.69 Å². The average Bonchev–Trinajstić information content (AvgIpc) is 2.72. The van der Waals surface area contributed by atoms with Crippen LogP contribution in [0.3, 0.4) is 0 Å². The molecular weight excluding hydrogens is 386 g/mol. The Labute approximate surface area is 178 Å². The van der Waals surface area contributed by atoms with Gasteiger partial charge in [0.1, 0.15) is 6.61 Å². The molecule has 0 atom stereocenters. The first-order valence-corrected chi connectivity index (χ1v) is 10.6. The number of fused-ring (bicyclic) bond motifs is 1. The molecule has 3 rings (SSSR count). The Morgan fingerprint density at radius 2 is 1.83 bits per heavy atom. The minimum atomic E-state index is 0.00117. The zero-order valence-corrected chi connectivity index (χ0v) is 17.8. The quantitative estimate of drug-likeness (QED) is 0.826. The van der Waals surface area contributed by atoms with Gasteiger partial charge in [0, 0.05) is 44.0 Å². The van der Waals surface area contributed by atoms with E-state index < -0.39 is 0 Å². The summed E-state index contributed by atoms with van der Waals surface area (Å²) in [5.74, 6) is 0.00117. The van der Waals surface area contributed by atoms with Crippen molar-refractivity contribution in [2.24, 2.45) is 0 Å². The molecule has 1 aliphatic heterocycles. The smallest absolute Gasteiger partial charge is 0.252 e. The molecule has 0 aromatic heterocycles. The lowest BCUT2D eigenvalue weighted by Crippen LogP contribution is -2.38. The van der Waals surface area contributed by atoms with Crippen LogP contribution in [0.2, 0.25) is 5.02 Å². The van der Waals surface area contributed by atoms with Crippen molar-refractivity contribution in [2.45, 2.75) is 25.9 Å². The van der Waals surface area contributed by atoms with Crippen LogP contribution in [0.25, 0.3) is 0 Å². The summed E-state index contributed by atoms with van der Waals surface area (Å²) in [5, 5.41) is 4.29. The number of anilines is 1. The van der Waals surface area contributed by atoms with Crippen LogP contribution in [-0.2, 0) is 22.6 Å². The van der Waals surface area contributed by atoms with Gasteiger partial charge in [-0.15, -0.1) is 0 Å². The molecular formula is C23H30ClN3O2. The Hall–Kier alpha value is -1.92. The topological polar surface area (TPSA) is 44.8 Å². The summed E-state index contributed by atoms with van der Waals surface area (Å²) in [4.78, 5) is 17.1. The predicted octanol–water partition coefficient (Wildman–Crippen LogP) is 3.71. The number of benzene rings is 2. The van der Waals surface area contributed by atoms with E-state index in [2.05, 4.69) is 28.4 Å². The number of ether oxygens (including phenoxy) is 1. The maximum Gasteiger partial charge on any atom is 0.252 e. The third-order valence-corrected chi connectivity index (χ3v) is 5.42. The molecule has 0 bridgehead atoms. The highest BCUT2D eigenvalue weighted by atomic mass is 35.5. The van der Waals surface area contributed by atoms with Gasteiger partial charge in [-0.2, -0.15) is 0 Å². The molecule has 0 fully saturated rings. The first-order chi connectivity index (χ1) is 14.2. The van der Waals surface area contributed by atoms with Crippen molar-refractivity contribution >= 4 is 23.2 Å². The first kappa shape index (κ1) is 21.8. The van der Waals surface area contributed by atoms with Crippen LogP contribution >= 0.6 is 11.6 Å². The molecule has 1 amide bonds. The highest BCUT2D eigenvalue weighted by Gasteiger charge is 2.19. The molecule has 5 nitrogen and oxygen atoms in total. The van der Waals surface area contributed by atoms with Crippen molar-refractivity contribution in [3.8, 4) is 0 Å². The van der Waals surface area contributed by atoms with Gasteiger partial charge < -0.3 is 15.0 Å². The lowest BCUT2D eigenvalue weighted by Gasteiger charge is -2.28. The van der Waals surface area contributed by atoms with Crippen molar-refractivity contribution in [3.63, 3.8) is 0 Å². The molecule has 0 radical (unpaired) electrons. The van der Waals surface area contributed by atoms with Crippen LogP contribution in [0.1, 0.15) is 24.0 Å². The summed E-state index contributed by atoms with van der Waals surface area (Å²) in [7, 11) is 1.57. The van der Waals surface area contributed by atoms with E-state index in [1.165, 1.54) is 5.56 Å². The molecule has 0 spiro atoms. The summed E-state index contributed by atoms with van der Waals surface area (Å²) in [6, 6.07) is 16.2. The number of amides is 1. The molecule has 29 heavy (non-hydrogen) atoms. The maximum atomic E-state index is 12.7. The number of nitrogens with one attached hydrogen (secondary N) is 1. The maximum absolute atomic E-state index is 12.7. The number of hydrogen-bond acceptors (Lipinski definition) is 4. The molecule has 2 aromatic carbocycles. The minimum absolute atomic E-state index is 0.00117. The van der Waals surface area contributed by atoms with Gasteiger partial charge in [0.25, 0.3) is 5.91 Å². The van der Waals surface area contributed by atoms with E-state index in [-0.39, 0.29) is 12.5 Å². The molecule has 0 saturated carbocycles. The SMILES string of the molecule is COCC(=O)N1CCCN(Cc2ccc(Cl)cc2)CCCNCc2ccccc21. The van der Waals surface area contributed by atoms with Crippen LogP contribution in [0, 0.1) is 0 Å². The number of carbonyl (C=O) groups excluding carboxylic acids is 1. The Bertz CT molecular complexity index is 782. The van der Waals surface area contributed by atoms with Gasteiger partial charge >= 0.3 is 0 Å². The fourth-order valence-corrected chi connectivity index (χ4v) is 3.85. The van der Waals surface area contributed by atoms with Gasteiger partial charge in [0.15, 0.2) is 0 Å². The van der Waals surface area contributed by atoms with Crippen molar-refractivity contribution < 1.29 is 9.53 Å². The third-order valence-electron chi connectivity index (χ3n) is 5.17. The van der Waals surface area contributed by atoms with E-state index >= 15 is 0 Å². The second kappa shape index (κ2) is 11.3. The highest BCUT2D eigenvalue weighted by Crippen LogP contribution is 2.22. The van der Waals surface area contributed by atoms with Crippen LogP contribution < -0.4 is 10.2 Å². The molecule has 2 aromatic rings. The molecule has 6 heteroatoms. The number of carbonyl (C=O) groups is 1. The molecule has 0 unspecified atom stereocenters. The number of hydrogen-bond donors (Lipinski definition) is 1. The van der Waals surface area contributed by atoms with E-state index in [4.69, 9.17) is 16.3 Å². The van der Waals surface area contributed by atoms with E-state index in [0.29, 0.717) is 6.54 Å². The minimum Gasteiger partial charge on any atom is -0.375 e. The largest absolute Gasteiger partial charge is 0.375 e. The summed E-state index contributed by atoms with van der Waals surface area (Å²) < 4.78 is 5.13. The van der Waals surface area contributed by atoms with E-state index in [1.807, 2.05) is 35.2 Å². The summed E-state index contributed by atoms with van der Waals surface area (Å²) in [5.41, 5.74) is 3.38. The first-order valence-electron chi connectivity index (χ1n) is 10.2. The standard InChI is InChI=1S/C23H30ClN3O2/c1-29-18-23(28)27-15-5-14-26(17-19-8-10-21(24)11-9-19)13-4-12-25-16-20-6-2-3-7-22(20)27/h2-3,6-11,25H,4-5,12-18H2,1H3. The summed E-state index contributed by atoms with van der Waals surface area (Å²) in [6.07, 6.45) is 1.99. The third kappa shape index (κ3) is 6.54. The second-order valence-corrected chi connectivity index (χ2v) is 7.83. The second-order valence-electron chi connectivity index (χ2n) is 7.39. The summed E-state index contributed by atoms with van der Waals surface area (Å²) in [6.45, 7) is 5.30. The summed E-state index contributed by atoms with van der Waals surface area (Å²) >= 11 is 6.02. The molecule has 1 N–H and O–H groups in total. The zero-order chi connectivity index (χ0) is 20.5. The number of para-hydroxylation sites is 1. The van der Waals surface area contributed by atoms with Crippen molar-refractivity contribution in [3.05, 3.63) is 64.7 Å². The fraction of sp³-hybridized carbons (Fsp3) is 0.435. The highest BCUT2D eigenvalue weighted by molar-refractivity contribution is 6.30. The predicted molar refractivity (Wildman–Crippen MR) is 118 cm³/mol. The van der Waals surface area contributed by atoms with Crippen LogP contribution in [0.5, 0.6) is 0 Å². The lowest BCUT2D eigenvalue weighted by molar-refractivity contribution is -0.122. The molecule has 1 aliphatic rings. The molecule has 0 saturated heterocycles. The van der Waals surface area contributed by atoms with Crippen LogP contribution in [0.15, 0.2) is 48.5 Å². The molecule has 156 valence electrons. The number of halogens is 1. The normalized spacial score (nSPS) is 16.6. The van der Waals surface area contributed by atoms with Crippen LogP contribution in [0.4, 0.5) is 5.69 Å². The van der Waals surface area contributed by atoms with E-state index in [1.54, 1.807) is 7.11 Å². The van der Waals surface area contributed by atoms with Gasteiger partial charge in [-0.25, -0.2) is 0 Å². The van der Waals surface area contributed by atoms with Crippen molar-refractivity contribution in [1.82, 2.24) is 10.2 Å². The van der Waals surface area contributed by atoms with E-state index in [9.17, 15) is 4.79 Å². The van der Waals surface area contributed by atoms with E-state index in [0.717, 1.165) is 61.8 Å². The Balaban J connectivity index is 1.73. The molecule has 0 aliphatic carbocycles. The number of rotatable bonds is 4. The van der Waals surface area contributed by atoms with Gasteiger partial charge in [-0.05, 0) is 55.3 Å². The average molecular weight is 416 g/mol. The Morgan fingerprint density at radius 3 is 2.62 bits per heavy atom. The van der Waals surface area contributed by atoms with Gasteiger partial charge in [0.05, 0.1) is 0 Å². The number of methoxy groups -OCH3 is 1. The van der Waals surface area contributed by atoms with Gasteiger partial charge in [0.2, 0.25) is 0 Å². The zero-order valence-electron chi connectivity index (χ0n) is 17.1. The Kier molecular flexibility index (Phi) is 8.50. The Morgan fingerprint density at radius 1 is 1.07 bits per heavy atom. The number of nitrogens with zero attached hydrogens (tertiary/aromatic N) is 2. The van der Waals surface area contributed by atoms with Crippen molar-refractivity contribution in [2.75, 3.05) is 44.8 Å². The fourth-order valence-electron chi connectivity index (χ4n) is 3.73. The lowest BCUT2D eigenvalue weighted by atomic mass is 10.1.